The summed E-state index contributed by atoms with van der Waals surface area (Å²) in [5, 5.41) is 8.08. The van der Waals surface area contributed by atoms with Gasteiger partial charge in [-0.15, -0.1) is 0 Å². The van der Waals surface area contributed by atoms with Crippen molar-refractivity contribution >= 4 is 23.4 Å². The van der Waals surface area contributed by atoms with Crippen LogP contribution in [0.5, 0.6) is 0 Å². The number of fused-ring (bicyclic) bond motifs is 1. The van der Waals surface area contributed by atoms with Gasteiger partial charge >= 0.3 is 0 Å². The first-order chi connectivity index (χ1) is 9.20. The van der Waals surface area contributed by atoms with Crippen molar-refractivity contribution < 1.29 is 4.52 Å². The van der Waals surface area contributed by atoms with E-state index in [0.717, 1.165) is 23.3 Å². The average Bonchev–Trinajstić information content (AvgIpc) is 3.06. The van der Waals surface area contributed by atoms with Crippen LogP contribution in [0, 0.1) is 4.77 Å². The number of aryl methyl sites for hydroxylation is 4. The molecule has 0 aliphatic heterocycles. The van der Waals surface area contributed by atoms with Crippen LogP contribution in [-0.4, -0.2) is 29.5 Å². The zero-order valence-corrected chi connectivity index (χ0v) is 11.6. The molecular formula is C11H14N6OS. The third kappa shape index (κ3) is 1.97. The van der Waals surface area contributed by atoms with Crippen molar-refractivity contribution in [3.05, 3.63) is 22.7 Å². The highest BCUT2D eigenvalue weighted by Gasteiger charge is 2.14. The predicted octanol–water partition coefficient (Wildman–Crippen LogP) is 1.62. The summed E-state index contributed by atoms with van der Waals surface area (Å²) in [5.74, 6) is 0.606. The Morgan fingerprint density at radius 1 is 1.47 bits per heavy atom. The zero-order chi connectivity index (χ0) is 13.4. The second-order valence-corrected chi connectivity index (χ2v) is 4.68. The molecule has 0 spiro atoms. The Morgan fingerprint density at radius 2 is 2.32 bits per heavy atom. The van der Waals surface area contributed by atoms with Gasteiger partial charge in [-0.1, -0.05) is 12.1 Å². The number of hydrogen-bond acceptors (Lipinski definition) is 5. The van der Waals surface area contributed by atoms with Gasteiger partial charge in [0.1, 0.15) is 5.52 Å². The SMILES string of the molecule is CCc1nn(C)c2c1[nH]c(=S)n2CCc1ncno1. The number of rotatable bonds is 4. The van der Waals surface area contributed by atoms with E-state index in [1.807, 2.05) is 16.3 Å². The van der Waals surface area contributed by atoms with Gasteiger partial charge in [-0.3, -0.25) is 4.68 Å². The Morgan fingerprint density at radius 3 is 3.00 bits per heavy atom. The van der Waals surface area contributed by atoms with Gasteiger partial charge in [0.2, 0.25) is 5.89 Å². The molecule has 3 aromatic heterocycles. The molecule has 3 aromatic rings. The zero-order valence-electron chi connectivity index (χ0n) is 10.8. The topological polar surface area (TPSA) is 77.5 Å². The number of H-pyrrole nitrogens is 1. The van der Waals surface area contributed by atoms with Gasteiger partial charge in [0.05, 0.1) is 5.69 Å². The van der Waals surface area contributed by atoms with Gasteiger partial charge in [-0.05, 0) is 18.6 Å². The maximum absolute atomic E-state index is 5.37. The second-order valence-electron chi connectivity index (χ2n) is 4.29. The van der Waals surface area contributed by atoms with E-state index in [4.69, 9.17) is 16.7 Å². The van der Waals surface area contributed by atoms with Crippen LogP contribution >= 0.6 is 12.2 Å². The van der Waals surface area contributed by atoms with E-state index in [9.17, 15) is 0 Å². The van der Waals surface area contributed by atoms with Crippen LogP contribution in [0.4, 0.5) is 0 Å². The van der Waals surface area contributed by atoms with Crippen LogP contribution in [0.2, 0.25) is 0 Å². The normalized spacial score (nSPS) is 11.5. The van der Waals surface area contributed by atoms with Gasteiger partial charge in [0, 0.05) is 20.0 Å². The molecule has 0 saturated heterocycles. The molecule has 0 radical (unpaired) electrons. The Labute approximate surface area is 114 Å². The quantitative estimate of drug-likeness (QED) is 0.734. The van der Waals surface area contributed by atoms with Crippen LogP contribution in [-0.2, 0) is 26.4 Å². The lowest BCUT2D eigenvalue weighted by atomic mass is 10.3. The monoisotopic (exact) mass is 278 g/mol. The van der Waals surface area contributed by atoms with Crippen LogP contribution in [0.1, 0.15) is 18.5 Å². The van der Waals surface area contributed by atoms with E-state index in [1.165, 1.54) is 6.33 Å². The fourth-order valence-electron chi connectivity index (χ4n) is 2.25. The van der Waals surface area contributed by atoms with Crippen molar-refractivity contribution in [3.63, 3.8) is 0 Å². The molecule has 1 N–H and O–H groups in total. The Bertz CT molecular complexity index is 750. The molecular weight excluding hydrogens is 264 g/mol. The highest BCUT2D eigenvalue weighted by Crippen LogP contribution is 2.18. The van der Waals surface area contributed by atoms with E-state index < -0.39 is 0 Å². The van der Waals surface area contributed by atoms with Crippen molar-refractivity contribution in [1.82, 2.24) is 29.5 Å². The molecule has 0 fully saturated rings. The van der Waals surface area contributed by atoms with Gasteiger partial charge in [0.15, 0.2) is 16.7 Å². The van der Waals surface area contributed by atoms with Crippen molar-refractivity contribution in [2.75, 3.05) is 0 Å². The smallest absolute Gasteiger partial charge is 0.228 e. The molecule has 0 bridgehead atoms. The lowest BCUT2D eigenvalue weighted by Gasteiger charge is -2.02. The molecule has 0 amide bonds. The number of imidazole rings is 1. The first-order valence-corrected chi connectivity index (χ1v) is 6.51. The summed E-state index contributed by atoms with van der Waals surface area (Å²) in [6.07, 6.45) is 2.92. The summed E-state index contributed by atoms with van der Waals surface area (Å²) in [4.78, 5) is 7.24. The molecule has 0 aliphatic carbocycles. The summed E-state index contributed by atoms with van der Waals surface area (Å²) in [5.41, 5.74) is 3.04. The molecule has 7 nitrogen and oxygen atoms in total. The van der Waals surface area contributed by atoms with E-state index in [2.05, 4.69) is 27.1 Å². The fourth-order valence-corrected chi connectivity index (χ4v) is 2.53. The predicted molar refractivity (Wildman–Crippen MR) is 71.3 cm³/mol. The Balaban J connectivity index is 2.00. The number of nitrogens with one attached hydrogen (secondary N) is 1. The highest BCUT2D eigenvalue weighted by atomic mass is 32.1. The minimum atomic E-state index is 0.606. The number of nitrogens with zero attached hydrogens (tertiary/aromatic N) is 5. The highest BCUT2D eigenvalue weighted by molar-refractivity contribution is 7.71. The summed E-state index contributed by atoms with van der Waals surface area (Å²) >= 11 is 5.37. The molecule has 0 saturated carbocycles. The third-order valence-corrected chi connectivity index (χ3v) is 3.44. The van der Waals surface area contributed by atoms with Crippen molar-refractivity contribution in [1.29, 1.82) is 0 Å². The van der Waals surface area contributed by atoms with Crippen molar-refractivity contribution in [3.8, 4) is 0 Å². The summed E-state index contributed by atoms with van der Waals surface area (Å²) in [6.45, 7) is 2.76. The summed E-state index contributed by atoms with van der Waals surface area (Å²) < 4.78 is 9.56. The van der Waals surface area contributed by atoms with Gasteiger partial charge in [0.25, 0.3) is 0 Å². The average molecular weight is 278 g/mol. The molecule has 3 heterocycles. The molecule has 19 heavy (non-hydrogen) atoms. The van der Waals surface area contributed by atoms with E-state index in [0.29, 0.717) is 23.6 Å². The number of aromatic amines is 1. The Hall–Kier alpha value is -1.96. The molecule has 8 heteroatoms. The van der Waals surface area contributed by atoms with Gasteiger partial charge in [-0.2, -0.15) is 10.1 Å². The van der Waals surface area contributed by atoms with Crippen molar-refractivity contribution in [2.24, 2.45) is 7.05 Å². The minimum absolute atomic E-state index is 0.606. The molecule has 0 atom stereocenters. The van der Waals surface area contributed by atoms with E-state index >= 15 is 0 Å². The first kappa shape index (κ1) is 12.1. The first-order valence-electron chi connectivity index (χ1n) is 6.10. The lowest BCUT2D eigenvalue weighted by Crippen LogP contribution is -2.05. The van der Waals surface area contributed by atoms with Gasteiger partial charge in [-0.25, -0.2) is 0 Å². The molecule has 0 aromatic carbocycles. The number of aromatic nitrogens is 6. The molecule has 0 aliphatic rings. The van der Waals surface area contributed by atoms with Crippen molar-refractivity contribution in [2.45, 2.75) is 26.3 Å². The standard InChI is InChI=1S/C11H14N6OS/c1-3-7-9-10(16(2)15-7)17(11(19)14-9)5-4-8-12-6-13-18-8/h6H,3-5H2,1-2H3,(H,14,19). The van der Waals surface area contributed by atoms with E-state index in [1.54, 1.807) is 0 Å². The second kappa shape index (κ2) is 4.61. The van der Waals surface area contributed by atoms with Crippen LogP contribution in [0.25, 0.3) is 11.2 Å². The fraction of sp³-hybridized carbons (Fsp3) is 0.455. The van der Waals surface area contributed by atoms with Crippen LogP contribution in [0.15, 0.2) is 10.9 Å². The molecule has 0 unspecified atom stereocenters. The Kier molecular flexibility index (Phi) is 2.94. The third-order valence-electron chi connectivity index (χ3n) is 3.11. The van der Waals surface area contributed by atoms with Crippen LogP contribution < -0.4 is 0 Å². The maximum atomic E-state index is 5.37. The van der Waals surface area contributed by atoms with Gasteiger partial charge < -0.3 is 14.1 Å². The lowest BCUT2D eigenvalue weighted by molar-refractivity contribution is 0.371. The molecule has 3 rings (SSSR count). The summed E-state index contributed by atoms with van der Waals surface area (Å²) in [6, 6.07) is 0. The van der Waals surface area contributed by atoms with E-state index in [-0.39, 0.29) is 0 Å². The number of hydrogen-bond donors (Lipinski definition) is 1. The largest absolute Gasteiger partial charge is 0.340 e. The summed E-state index contributed by atoms with van der Waals surface area (Å²) in [7, 11) is 1.92. The molecule has 100 valence electrons. The van der Waals surface area contributed by atoms with Crippen LogP contribution in [0.3, 0.4) is 0 Å². The minimum Gasteiger partial charge on any atom is -0.340 e. The maximum Gasteiger partial charge on any atom is 0.228 e.